The molecule has 1 unspecified atom stereocenters. The lowest BCUT2D eigenvalue weighted by Gasteiger charge is -2.35. The molecule has 0 aliphatic rings. The van der Waals surface area contributed by atoms with Gasteiger partial charge in [0.25, 0.3) is 0 Å². The molecule has 0 bridgehead atoms. The third kappa shape index (κ3) is 2.94. The first-order valence-electron chi connectivity index (χ1n) is 5.78. The summed E-state index contributed by atoms with van der Waals surface area (Å²) in [5, 5.41) is 9.46. The average Bonchev–Trinajstić information content (AvgIpc) is 2.38. The van der Waals surface area contributed by atoms with E-state index in [9.17, 15) is 19.1 Å². The fourth-order valence-corrected chi connectivity index (χ4v) is 2.21. The van der Waals surface area contributed by atoms with Gasteiger partial charge in [0.05, 0.1) is 4.47 Å². The molecule has 1 rings (SSSR count). The van der Waals surface area contributed by atoms with Crippen LogP contribution in [-0.2, 0) is 15.1 Å². The molecule has 0 aliphatic heterocycles. The molecule has 0 radical (unpaired) electrons. The molecule has 0 aliphatic carbocycles. The molecule has 0 aromatic heterocycles. The van der Waals surface area contributed by atoms with E-state index < -0.39 is 17.3 Å². The summed E-state index contributed by atoms with van der Waals surface area (Å²) < 4.78 is 13.4. The minimum absolute atomic E-state index is 0.167. The van der Waals surface area contributed by atoms with Crippen molar-refractivity contribution in [2.75, 3.05) is 6.54 Å². The Morgan fingerprint density at radius 1 is 1.58 bits per heavy atom. The maximum Gasteiger partial charge on any atom is 0.334 e. The van der Waals surface area contributed by atoms with Gasteiger partial charge in [-0.3, -0.25) is 4.79 Å². The summed E-state index contributed by atoms with van der Waals surface area (Å²) in [5.74, 6) is -1.64. The summed E-state index contributed by atoms with van der Waals surface area (Å²) in [6.45, 7) is 3.58. The van der Waals surface area contributed by atoms with Gasteiger partial charge < -0.3 is 10.0 Å². The van der Waals surface area contributed by atoms with Crippen LogP contribution in [0.25, 0.3) is 0 Å². The number of benzene rings is 1. The second kappa shape index (κ2) is 6.14. The van der Waals surface area contributed by atoms with Crippen molar-refractivity contribution in [1.82, 2.24) is 4.90 Å². The molecule has 1 amide bonds. The minimum atomic E-state index is -1.52. The SMILES string of the molecule is CCCN(C=O)C(C)(C(=O)O)c1ccc(F)c(Br)c1. The van der Waals surface area contributed by atoms with Crippen LogP contribution < -0.4 is 0 Å². The van der Waals surface area contributed by atoms with E-state index in [1.54, 1.807) is 0 Å². The van der Waals surface area contributed by atoms with Gasteiger partial charge >= 0.3 is 5.97 Å². The number of carbonyl (C=O) groups is 2. The summed E-state index contributed by atoms with van der Waals surface area (Å²) in [6, 6.07) is 3.94. The number of carboxylic acids is 1. The van der Waals surface area contributed by atoms with Crippen molar-refractivity contribution >= 4 is 28.3 Å². The maximum atomic E-state index is 13.2. The third-order valence-electron chi connectivity index (χ3n) is 3.06. The van der Waals surface area contributed by atoms with E-state index >= 15 is 0 Å². The van der Waals surface area contributed by atoms with Gasteiger partial charge in [0.15, 0.2) is 5.54 Å². The number of halogens is 2. The molecule has 4 nitrogen and oxygen atoms in total. The normalized spacial score (nSPS) is 13.7. The number of aliphatic carboxylic acids is 1. The van der Waals surface area contributed by atoms with Gasteiger partial charge in [0, 0.05) is 6.54 Å². The molecular weight excluding hydrogens is 317 g/mol. The second-order valence-corrected chi connectivity index (χ2v) is 5.16. The van der Waals surface area contributed by atoms with E-state index in [0.717, 1.165) is 0 Å². The number of nitrogens with zero attached hydrogens (tertiary/aromatic N) is 1. The molecule has 1 N–H and O–H groups in total. The first-order chi connectivity index (χ1) is 8.87. The Morgan fingerprint density at radius 3 is 2.63 bits per heavy atom. The number of amides is 1. The number of hydrogen-bond acceptors (Lipinski definition) is 2. The van der Waals surface area contributed by atoms with E-state index in [1.165, 1.54) is 30.0 Å². The Morgan fingerprint density at radius 2 is 2.21 bits per heavy atom. The molecule has 1 aromatic rings. The Labute approximate surface area is 119 Å². The molecule has 1 atom stereocenters. The molecule has 0 saturated heterocycles. The molecule has 0 saturated carbocycles. The van der Waals surface area contributed by atoms with Crippen molar-refractivity contribution < 1.29 is 19.1 Å². The lowest BCUT2D eigenvalue weighted by Crippen LogP contribution is -2.49. The largest absolute Gasteiger partial charge is 0.479 e. The summed E-state index contributed by atoms with van der Waals surface area (Å²) in [4.78, 5) is 23.9. The van der Waals surface area contributed by atoms with E-state index in [4.69, 9.17) is 0 Å². The first kappa shape index (κ1) is 15.6. The predicted molar refractivity (Wildman–Crippen MR) is 72.1 cm³/mol. The Kier molecular flexibility index (Phi) is 5.05. The topological polar surface area (TPSA) is 57.6 Å². The van der Waals surface area contributed by atoms with Gasteiger partial charge in [-0.25, -0.2) is 9.18 Å². The fourth-order valence-electron chi connectivity index (χ4n) is 1.83. The zero-order valence-electron chi connectivity index (χ0n) is 10.7. The smallest absolute Gasteiger partial charge is 0.334 e. The zero-order chi connectivity index (χ0) is 14.6. The summed E-state index contributed by atoms with van der Waals surface area (Å²) in [6.07, 6.45) is 1.14. The predicted octanol–water partition coefficient (Wildman–Crippen LogP) is 2.76. The molecule has 0 spiro atoms. The van der Waals surface area contributed by atoms with Crippen LogP contribution in [0.15, 0.2) is 22.7 Å². The quantitative estimate of drug-likeness (QED) is 0.815. The molecule has 19 heavy (non-hydrogen) atoms. The van der Waals surface area contributed by atoms with Gasteiger partial charge in [0.2, 0.25) is 6.41 Å². The molecule has 0 fully saturated rings. The van der Waals surface area contributed by atoms with Gasteiger partial charge in [-0.2, -0.15) is 0 Å². The van der Waals surface area contributed by atoms with Crippen molar-refractivity contribution in [2.24, 2.45) is 0 Å². The monoisotopic (exact) mass is 331 g/mol. The minimum Gasteiger partial charge on any atom is -0.479 e. The third-order valence-corrected chi connectivity index (χ3v) is 3.67. The zero-order valence-corrected chi connectivity index (χ0v) is 12.3. The molecule has 104 valence electrons. The van der Waals surface area contributed by atoms with Gasteiger partial charge in [-0.15, -0.1) is 0 Å². The highest BCUT2D eigenvalue weighted by molar-refractivity contribution is 9.10. The van der Waals surface area contributed by atoms with Crippen molar-refractivity contribution in [3.8, 4) is 0 Å². The lowest BCUT2D eigenvalue weighted by molar-refractivity contribution is -0.154. The molecule has 6 heteroatoms. The first-order valence-corrected chi connectivity index (χ1v) is 6.58. The Hall–Kier alpha value is -1.43. The van der Waals surface area contributed by atoms with Crippen molar-refractivity contribution in [2.45, 2.75) is 25.8 Å². The lowest BCUT2D eigenvalue weighted by atomic mass is 9.90. The van der Waals surface area contributed by atoms with Crippen LogP contribution in [0, 0.1) is 5.82 Å². The number of hydrogen-bond donors (Lipinski definition) is 1. The van der Waals surface area contributed by atoms with Gasteiger partial charge in [0.1, 0.15) is 5.82 Å². The summed E-state index contributed by atoms with van der Waals surface area (Å²) >= 11 is 3.02. The van der Waals surface area contributed by atoms with E-state index in [-0.39, 0.29) is 4.47 Å². The Balaban J connectivity index is 3.35. The molecule has 0 heterocycles. The van der Waals surface area contributed by atoms with Crippen LogP contribution in [0.5, 0.6) is 0 Å². The van der Waals surface area contributed by atoms with Crippen molar-refractivity contribution in [1.29, 1.82) is 0 Å². The van der Waals surface area contributed by atoms with E-state index in [2.05, 4.69) is 15.9 Å². The fraction of sp³-hybridized carbons (Fsp3) is 0.385. The van der Waals surface area contributed by atoms with Crippen LogP contribution >= 0.6 is 15.9 Å². The van der Waals surface area contributed by atoms with Crippen LogP contribution in [0.2, 0.25) is 0 Å². The molecular formula is C13H15BrFNO3. The van der Waals surface area contributed by atoms with Crippen molar-refractivity contribution in [3.05, 3.63) is 34.1 Å². The average molecular weight is 332 g/mol. The number of rotatable bonds is 6. The van der Waals surface area contributed by atoms with Gasteiger partial charge in [-0.05, 0) is 47.0 Å². The summed E-state index contributed by atoms with van der Waals surface area (Å²) in [5.41, 5.74) is -1.18. The highest BCUT2D eigenvalue weighted by Crippen LogP contribution is 2.31. The highest BCUT2D eigenvalue weighted by atomic mass is 79.9. The van der Waals surface area contributed by atoms with Crippen LogP contribution in [0.4, 0.5) is 4.39 Å². The van der Waals surface area contributed by atoms with Crippen LogP contribution in [0.3, 0.4) is 0 Å². The highest BCUT2D eigenvalue weighted by Gasteiger charge is 2.41. The van der Waals surface area contributed by atoms with Crippen LogP contribution in [-0.4, -0.2) is 28.9 Å². The van der Waals surface area contributed by atoms with Crippen molar-refractivity contribution in [3.63, 3.8) is 0 Å². The van der Waals surface area contributed by atoms with E-state index in [1.807, 2.05) is 6.92 Å². The number of carbonyl (C=O) groups excluding carboxylic acids is 1. The molecule has 1 aromatic carbocycles. The van der Waals surface area contributed by atoms with E-state index in [0.29, 0.717) is 24.9 Å². The number of carboxylic acid groups (broad SMARTS) is 1. The van der Waals surface area contributed by atoms with Gasteiger partial charge in [-0.1, -0.05) is 13.0 Å². The standard InChI is InChI=1S/C13H15BrFNO3/c1-3-6-16(8-17)13(2,12(18)19)9-4-5-11(15)10(14)7-9/h4-5,7-8H,3,6H2,1-2H3,(H,18,19). The Bertz CT molecular complexity index is 495. The van der Waals surface area contributed by atoms with Crippen LogP contribution in [0.1, 0.15) is 25.8 Å². The maximum absolute atomic E-state index is 13.2. The summed E-state index contributed by atoms with van der Waals surface area (Å²) in [7, 11) is 0. The second-order valence-electron chi connectivity index (χ2n) is 4.31.